The Bertz CT molecular complexity index is 683. The highest BCUT2D eigenvalue weighted by Gasteiger charge is 2.30. The van der Waals surface area contributed by atoms with Gasteiger partial charge in [0.15, 0.2) is 0 Å². The first-order chi connectivity index (χ1) is 11.3. The Kier molecular flexibility index (Phi) is 5.65. The molecule has 2 nitrogen and oxygen atoms in total. The first-order valence-corrected chi connectivity index (χ1v) is 7.85. The van der Waals surface area contributed by atoms with Crippen molar-refractivity contribution >= 4 is 5.91 Å². The molecule has 0 aliphatic carbocycles. The monoisotopic (exact) mass is 335 g/mol. The van der Waals surface area contributed by atoms with E-state index < -0.39 is 11.7 Å². The third kappa shape index (κ3) is 4.37. The molecule has 0 fully saturated rings. The number of hydrogen-bond acceptors (Lipinski definition) is 1. The van der Waals surface area contributed by atoms with E-state index in [9.17, 15) is 18.0 Å². The van der Waals surface area contributed by atoms with E-state index in [1.54, 1.807) is 35.2 Å². The summed E-state index contributed by atoms with van der Waals surface area (Å²) in [5.74, 6) is -0.113. The number of carbonyl (C=O) groups excluding carboxylic acids is 1. The molecule has 0 spiro atoms. The molecule has 1 amide bonds. The number of likely N-dealkylation sites (N-methyl/N-ethyl adjacent to an activating group) is 1. The van der Waals surface area contributed by atoms with Crippen LogP contribution in [0, 0.1) is 0 Å². The molecule has 0 N–H and O–H groups in total. The van der Waals surface area contributed by atoms with Crippen LogP contribution in [0.2, 0.25) is 0 Å². The van der Waals surface area contributed by atoms with Crippen LogP contribution >= 0.6 is 0 Å². The minimum absolute atomic E-state index is 0.113. The van der Waals surface area contributed by atoms with Crippen LogP contribution in [-0.2, 0) is 12.6 Å². The van der Waals surface area contributed by atoms with Crippen LogP contribution in [0.1, 0.15) is 35.3 Å². The van der Waals surface area contributed by atoms with E-state index >= 15 is 0 Å². The molecule has 0 aromatic heterocycles. The van der Waals surface area contributed by atoms with Gasteiger partial charge in [-0.15, -0.1) is 0 Å². The van der Waals surface area contributed by atoms with Gasteiger partial charge in [0.05, 0.1) is 5.56 Å². The van der Waals surface area contributed by atoms with Crippen LogP contribution in [0.25, 0.3) is 0 Å². The average Bonchev–Trinajstić information content (AvgIpc) is 2.55. The number of benzene rings is 2. The lowest BCUT2D eigenvalue weighted by molar-refractivity contribution is -0.137. The summed E-state index contributed by atoms with van der Waals surface area (Å²) in [6.45, 7) is 4.21. The van der Waals surface area contributed by atoms with E-state index in [0.717, 1.165) is 12.1 Å². The van der Waals surface area contributed by atoms with Crippen LogP contribution in [0.5, 0.6) is 0 Å². The molecule has 0 radical (unpaired) electrons. The van der Waals surface area contributed by atoms with E-state index in [-0.39, 0.29) is 11.9 Å². The van der Waals surface area contributed by atoms with E-state index in [4.69, 9.17) is 0 Å². The van der Waals surface area contributed by atoms with Gasteiger partial charge in [0.1, 0.15) is 0 Å². The fraction of sp³-hybridized carbons (Fsp3) is 0.316. The molecule has 24 heavy (non-hydrogen) atoms. The first-order valence-electron chi connectivity index (χ1n) is 7.85. The Labute approximate surface area is 139 Å². The number of nitrogens with zero attached hydrogens (tertiary/aromatic N) is 1. The Balaban J connectivity index is 2.15. The first kappa shape index (κ1) is 18.0. The lowest BCUT2D eigenvalue weighted by atomic mass is 10.0. The SMILES string of the molecule is CCN(C(=O)c1ccccc1)C(C)Cc1cccc(C(F)(F)F)c1. The molecule has 0 bridgehead atoms. The van der Waals surface area contributed by atoms with Crippen LogP contribution in [0.15, 0.2) is 54.6 Å². The van der Waals surface area contributed by atoms with Gasteiger partial charge in [-0.1, -0.05) is 36.4 Å². The number of carbonyl (C=O) groups is 1. The Hall–Kier alpha value is -2.30. The summed E-state index contributed by atoms with van der Waals surface area (Å²) < 4.78 is 38.4. The Morgan fingerprint density at radius 2 is 1.75 bits per heavy atom. The summed E-state index contributed by atoms with van der Waals surface area (Å²) in [5.41, 5.74) is 0.483. The van der Waals surface area contributed by atoms with Gasteiger partial charge in [0.25, 0.3) is 5.91 Å². The van der Waals surface area contributed by atoms with Crippen LogP contribution in [0.4, 0.5) is 13.2 Å². The number of alkyl halides is 3. The summed E-state index contributed by atoms with van der Waals surface area (Å²) in [5, 5.41) is 0. The van der Waals surface area contributed by atoms with Crippen molar-refractivity contribution in [2.45, 2.75) is 32.5 Å². The number of rotatable bonds is 5. The van der Waals surface area contributed by atoms with Crippen molar-refractivity contribution in [1.29, 1.82) is 0 Å². The average molecular weight is 335 g/mol. The van der Waals surface area contributed by atoms with Crippen molar-refractivity contribution in [3.63, 3.8) is 0 Å². The van der Waals surface area contributed by atoms with Crippen LogP contribution < -0.4 is 0 Å². The van der Waals surface area contributed by atoms with Crippen molar-refractivity contribution < 1.29 is 18.0 Å². The largest absolute Gasteiger partial charge is 0.416 e. The molecule has 0 heterocycles. The lowest BCUT2D eigenvalue weighted by Gasteiger charge is -2.28. The van der Waals surface area contributed by atoms with Gasteiger partial charge in [-0.05, 0) is 44.0 Å². The molecule has 1 atom stereocenters. The van der Waals surface area contributed by atoms with Gasteiger partial charge >= 0.3 is 6.18 Å². The maximum atomic E-state index is 12.8. The summed E-state index contributed by atoms with van der Waals surface area (Å²) >= 11 is 0. The predicted octanol–water partition coefficient (Wildman–Crippen LogP) is 4.80. The van der Waals surface area contributed by atoms with Gasteiger partial charge in [0.2, 0.25) is 0 Å². The molecule has 1 unspecified atom stereocenters. The molecule has 0 aliphatic rings. The fourth-order valence-corrected chi connectivity index (χ4v) is 2.73. The highest BCUT2D eigenvalue weighted by molar-refractivity contribution is 5.94. The molecular weight excluding hydrogens is 315 g/mol. The normalized spacial score (nSPS) is 12.7. The van der Waals surface area contributed by atoms with Crippen LogP contribution in [0.3, 0.4) is 0 Å². The van der Waals surface area contributed by atoms with Gasteiger partial charge < -0.3 is 4.90 Å². The minimum Gasteiger partial charge on any atom is -0.336 e. The lowest BCUT2D eigenvalue weighted by Crippen LogP contribution is -2.39. The molecule has 0 saturated carbocycles. The number of hydrogen-bond donors (Lipinski definition) is 0. The molecule has 2 aromatic carbocycles. The van der Waals surface area contributed by atoms with Crippen molar-refractivity contribution in [2.24, 2.45) is 0 Å². The van der Waals surface area contributed by atoms with Gasteiger partial charge in [-0.25, -0.2) is 0 Å². The topological polar surface area (TPSA) is 20.3 Å². The molecule has 0 saturated heterocycles. The number of halogens is 3. The molecule has 2 aromatic rings. The van der Waals surface area contributed by atoms with Gasteiger partial charge in [0, 0.05) is 18.2 Å². The molecule has 0 aliphatic heterocycles. The van der Waals surface area contributed by atoms with Crippen molar-refractivity contribution in [2.75, 3.05) is 6.54 Å². The Morgan fingerprint density at radius 1 is 1.08 bits per heavy atom. The standard InChI is InChI=1S/C19H20F3NO/c1-3-23(18(24)16-9-5-4-6-10-16)14(2)12-15-8-7-11-17(13-15)19(20,21)22/h4-11,13-14H,3,12H2,1-2H3. The van der Waals surface area contributed by atoms with E-state index in [1.807, 2.05) is 19.9 Å². The second-order valence-corrected chi connectivity index (χ2v) is 5.71. The van der Waals surface area contributed by atoms with Crippen molar-refractivity contribution in [3.05, 3.63) is 71.3 Å². The van der Waals surface area contributed by atoms with E-state index in [1.165, 1.54) is 6.07 Å². The zero-order chi connectivity index (χ0) is 17.7. The minimum atomic E-state index is -4.36. The third-order valence-corrected chi connectivity index (χ3v) is 3.94. The Morgan fingerprint density at radius 3 is 2.33 bits per heavy atom. The van der Waals surface area contributed by atoms with Gasteiger partial charge in [-0.2, -0.15) is 13.2 Å². The zero-order valence-electron chi connectivity index (χ0n) is 13.7. The molecule has 2 rings (SSSR count). The predicted molar refractivity (Wildman–Crippen MR) is 87.8 cm³/mol. The van der Waals surface area contributed by atoms with Gasteiger partial charge in [-0.3, -0.25) is 4.79 Å². The zero-order valence-corrected chi connectivity index (χ0v) is 13.7. The van der Waals surface area contributed by atoms with Crippen molar-refractivity contribution in [3.8, 4) is 0 Å². The summed E-state index contributed by atoms with van der Waals surface area (Å²) in [4.78, 5) is 14.3. The summed E-state index contributed by atoms with van der Waals surface area (Å²) in [6, 6.07) is 14.0. The molecule has 5 heteroatoms. The summed E-state index contributed by atoms with van der Waals surface area (Å²) in [6.07, 6.45) is -3.99. The number of amides is 1. The smallest absolute Gasteiger partial charge is 0.336 e. The summed E-state index contributed by atoms with van der Waals surface area (Å²) in [7, 11) is 0. The molecule has 128 valence electrons. The molecular formula is C19H20F3NO. The second-order valence-electron chi connectivity index (χ2n) is 5.71. The third-order valence-electron chi connectivity index (χ3n) is 3.94. The maximum Gasteiger partial charge on any atom is 0.416 e. The van der Waals surface area contributed by atoms with E-state index in [0.29, 0.717) is 24.1 Å². The fourth-order valence-electron chi connectivity index (χ4n) is 2.73. The second kappa shape index (κ2) is 7.51. The van der Waals surface area contributed by atoms with Crippen LogP contribution in [-0.4, -0.2) is 23.4 Å². The quantitative estimate of drug-likeness (QED) is 0.769. The maximum absolute atomic E-state index is 12.8. The van der Waals surface area contributed by atoms with E-state index in [2.05, 4.69) is 0 Å². The highest BCUT2D eigenvalue weighted by Crippen LogP contribution is 2.30. The highest BCUT2D eigenvalue weighted by atomic mass is 19.4. The van der Waals surface area contributed by atoms with Crippen molar-refractivity contribution in [1.82, 2.24) is 4.90 Å².